The van der Waals surface area contributed by atoms with Gasteiger partial charge in [-0.05, 0) is 60.1 Å². The minimum atomic E-state index is -3.63. The van der Waals surface area contributed by atoms with Crippen LogP contribution in [0.25, 0.3) is 0 Å². The van der Waals surface area contributed by atoms with Gasteiger partial charge < -0.3 is 5.11 Å². The number of nitrogens with one attached hydrogen (secondary N) is 1. The number of carboxylic acid groups (broad SMARTS) is 1. The first-order chi connectivity index (χ1) is 13.3. The number of rotatable bonds is 8. The highest BCUT2D eigenvalue weighted by atomic mass is 35.5. The summed E-state index contributed by atoms with van der Waals surface area (Å²) >= 11 is 5.85. The molecule has 0 aliphatic heterocycles. The summed E-state index contributed by atoms with van der Waals surface area (Å²) in [5.74, 6) is -0.864. The summed E-state index contributed by atoms with van der Waals surface area (Å²) in [6, 6.07) is 13.6. The quantitative estimate of drug-likeness (QED) is 0.673. The Labute approximate surface area is 170 Å². The Hall–Kier alpha value is -1.89. The zero-order chi connectivity index (χ0) is 20.2. The van der Waals surface area contributed by atoms with Crippen LogP contribution >= 0.6 is 11.6 Å². The van der Waals surface area contributed by atoms with Crippen molar-refractivity contribution in [2.24, 2.45) is 5.41 Å². The van der Waals surface area contributed by atoms with Gasteiger partial charge in [-0.2, -0.15) is 0 Å². The SMILES string of the molecule is O=C(O)Cc1ccccc1CC1(CNS(=O)(=O)c2ccc(Cl)cc2)CCCC1. The van der Waals surface area contributed by atoms with Crippen LogP contribution in [0.5, 0.6) is 0 Å². The molecule has 1 fully saturated rings. The van der Waals surface area contributed by atoms with Gasteiger partial charge >= 0.3 is 5.97 Å². The lowest BCUT2D eigenvalue weighted by Crippen LogP contribution is -2.37. The molecule has 0 amide bonds. The monoisotopic (exact) mass is 421 g/mol. The van der Waals surface area contributed by atoms with E-state index in [0.29, 0.717) is 18.0 Å². The molecule has 2 aromatic rings. The van der Waals surface area contributed by atoms with Crippen LogP contribution in [0.3, 0.4) is 0 Å². The van der Waals surface area contributed by atoms with E-state index in [1.807, 2.05) is 24.3 Å². The van der Waals surface area contributed by atoms with Crippen molar-refractivity contribution >= 4 is 27.6 Å². The van der Waals surface area contributed by atoms with E-state index >= 15 is 0 Å². The highest BCUT2D eigenvalue weighted by Gasteiger charge is 2.35. The van der Waals surface area contributed by atoms with Gasteiger partial charge in [0.1, 0.15) is 0 Å². The lowest BCUT2D eigenvalue weighted by atomic mass is 9.79. The molecule has 3 rings (SSSR count). The fraction of sp³-hybridized carbons (Fsp3) is 0.381. The molecular weight excluding hydrogens is 398 g/mol. The van der Waals surface area contributed by atoms with Gasteiger partial charge in [0.2, 0.25) is 10.0 Å². The summed E-state index contributed by atoms with van der Waals surface area (Å²) in [7, 11) is -3.63. The van der Waals surface area contributed by atoms with E-state index in [2.05, 4.69) is 4.72 Å². The van der Waals surface area contributed by atoms with E-state index in [4.69, 9.17) is 11.6 Å². The number of sulfonamides is 1. The first-order valence-corrected chi connectivity index (χ1v) is 11.2. The molecule has 2 N–H and O–H groups in total. The summed E-state index contributed by atoms with van der Waals surface area (Å²) in [4.78, 5) is 11.4. The fourth-order valence-corrected chi connectivity index (χ4v) is 5.24. The molecule has 28 heavy (non-hydrogen) atoms. The number of aliphatic carboxylic acids is 1. The standard InChI is InChI=1S/C21H24ClNO4S/c22-18-7-9-19(10-8-18)28(26,27)23-15-21(11-3-4-12-21)14-17-6-2-1-5-16(17)13-20(24)25/h1-2,5-10,23H,3-4,11-15H2,(H,24,25). The van der Waals surface area contributed by atoms with Gasteiger partial charge in [0.05, 0.1) is 11.3 Å². The second-order valence-corrected chi connectivity index (χ2v) is 9.70. The van der Waals surface area contributed by atoms with Crippen molar-refractivity contribution in [1.29, 1.82) is 0 Å². The predicted molar refractivity (Wildman–Crippen MR) is 109 cm³/mol. The maximum Gasteiger partial charge on any atom is 0.307 e. The zero-order valence-corrected chi connectivity index (χ0v) is 17.1. The van der Waals surface area contributed by atoms with Crippen LogP contribution < -0.4 is 4.72 Å². The van der Waals surface area contributed by atoms with Crippen molar-refractivity contribution in [2.45, 2.75) is 43.4 Å². The largest absolute Gasteiger partial charge is 0.481 e. The Kier molecular flexibility index (Phi) is 6.43. The van der Waals surface area contributed by atoms with Gasteiger partial charge in [0.15, 0.2) is 0 Å². The van der Waals surface area contributed by atoms with Crippen LogP contribution in [-0.2, 0) is 27.7 Å². The average molecular weight is 422 g/mol. The van der Waals surface area contributed by atoms with Crippen LogP contribution in [0.2, 0.25) is 5.02 Å². The molecule has 0 radical (unpaired) electrons. The topological polar surface area (TPSA) is 83.5 Å². The molecule has 0 spiro atoms. The molecular formula is C21H24ClNO4S. The van der Waals surface area contributed by atoms with Gasteiger partial charge in [0, 0.05) is 11.6 Å². The third kappa shape index (κ3) is 5.13. The third-order valence-corrected chi connectivity index (χ3v) is 7.12. The van der Waals surface area contributed by atoms with Gasteiger partial charge in [-0.25, -0.2) is 13.1 Å². The first kappa shape index (κ1) is 20.8. The van der Waals surface area contributed by atoms with Gasteiger partial charge in [0.25, 0.3) is 0 Å². The molecule has 150 valence electrons. The van der Waals surface area contributed by atoms with E-state index < -0.39 is 16.0 Å². The zero-order valence-electron chi connectivity index (χ0n) is 15.5. The van der Waals surface area contributed by atoms with Crippen LogP contribution in [0.1, 0.15) is 36.8 Å². The van der Waals surface area contributed by atoms with Crippen molar-refractivity contribution in [3.8, 4) is 0 Å². The molecule has 0 heterocycles. The van der Waals surface area contributed by atoms with E-state index in [-0.39, 0.29) is 16.7 Å². The van der Waals surface area contributed by atoms with Crippen molar-refractivity contribution in [3.63, 3.8) is 0 Å². The molecule has 5 nitrogen and oxygen atoms in total. The van der Waals surface area contributed by atoms with E-state index in [1.165, 1.54) is 12.1 Å². The van der Waals surface area contributed by atoms with E-state index in [1.54, 1.807) is 12.1 Å². The maximum atomic E-state index is 12.7. The lowest BCUT2D eigenvalue weighted by Gasteiger charge is -2.30. The van der Waals surface area contributed by atoms with Crippen molar-refractivity contribution in [1.82, 2.24) is 4.72 Å². The van der Waals surface area contributed by atoms with Gasteiger partial charge in [-0.3, -0.25) is 4.79 Å². The molecule has 1 saturated carbocycles. The lowest BCUT2D eigenvalue weighted by molar-refractivity contribution is -0.136. The molecule has 0 aromatic heterocycles. The second-order valence-electron chi connectivity index (χ2n) is 7.50. The summed E-state index contributed by atoms with van der Waals surface area (Å²) in [6.07, 6.45) is 4.56. The fourth-order valence-electron chi connectivity index (χ4n) is 3.96. The molecule has 2 aromatic carbocycles. The first-order valence-electron chi connectivity index (χ1n) is 9.34. The van der Waals surface area contributed by atoms with Gasteiger partial charge in [-0.15, -0.1) is 0 Å². The smallest absolute Gasteiger partial charge is 0.307 e. The van der Waals surface area contributed by atoms with E-state index in [0.717, 1.165) is 36.8 Å². The Morgan fingerprint density at radius 3 is 2.25 bits per heavy atom. The minimum Gasteiger partial charge on any atom is -0.481 e. The molecule has 0 unspecified atom stereocenters. The highest BCUT2D eigenvalue weighted by molar-refractivity contribution is 7.89. The summed E-state index contributed by atoms with van der Waals surface area (Å²) in [5, 5.41) is 9.66. The van der Waals surface area contributed by atoms with E-state index in [9.17, 15) is 18.3 Å². The summed E-state index contributed by atoms with van der Waals surface area (Å²) in [5.41, 5.74) is 1.58. The Morgan fingerprint density at radius 1 is 1.04 bits per heavy atom. The normalized spacial score (nSPS) is 16.2. The second kappa shape index (κ2) is 8.64. The highest BCUT2D eigenvalue weighted by Crippen LogP contribution is 2.41. The number of halogens is 1. The number of carboxylic acids is 1. The Morgan fingerprint density at radius 2 is 1.64 bits per heavy atom. The number of benzene rings is 2. The van der Waals surface area contributed by atoms with Crippen LogP contribution in [-0.4, -0.2) is 26.0 Å². The number of hydrogen-bond acceptors (Lipinski definition) is 3. The molecule has 0 atom stereocenters. The average Bonchev–Trinajstić information content (AvgIpc) is 3.11. The summed E-state index contributed by atoms with van der Waals surface area (Å²) < 4.78 is 28.1. The Bertz CT molecular complexity index is 935. The third-order valence-electron chi connectivity index (χ3n) is 5.45. The predicted octanol–water partition coefficient (Wildman–Crippen LogP) is 4.05. The maximum absolute atomic E-state index is 12.7. The molecule has 0 bridgehead atoms. The van der Waals surface area contributed by atoms with Crippen molar-refractivity contribution < 1.29 is 18.3 Å². The van der Waals surface area contributed by atoms with Crippen molar-refractivity contribution in [2.75, 3.05) is 6.54 Å². The molecule has 0 saturated heterocycles. The molecule has 7 heteroatoms. The van der Waals surface area contributed by atoms with Crippen molar-refractivity contribution in [3.05, 3.63) is 64.7 Å². The molecule has 1 aliphatic carbocycles. The number of carbonyl (C=O) groups is 1. The van der Waals surface area contributed by atoms with Gasteiger partial charge in [-0.1, -0.05) is 48.7 Å². The Balaban J connectivity index is 1.78. The summed E-state index contributed by atoms with van der Waals surface area (Å²) in [6.45, 7) is 0.333. The van der Waals surface area contributed by atoms with Crippen LogP contribution in [0.15, 0.2) is 53.4 Å². The minimum absolute atomic E-state index is 0.0250. The van der Waals surface area contributed by atoms with Crippen LogP contribution in [0.4, 0.5) is 0 Å². The number of hydrogen-bond donors (Lipinski definition) is 2. The van der Waals surface area contributed by atoms with Crippen LogP contribution in [0, 0.1) is 5.41 Å². The molecule has 1 aliphatic rings.